The summed E-state index contributed by atoms with van der Waals surface area (Å²) in [7, 11) is -3.31. The summed E-state index contributed by atoms with van der Waals surface area (Å²) in [6, 6.07) is 7.90. The van der Waals surface area contributed by atoms with Gasteiger partial charge in [-0.15, -0.1) is 0 Å². The molecule has 0 amide bonds. The maximum absolute atomic E-state index is 11.8. The van der Waals surface area contributed by atoms with Crippen LogP contribution in [0.5, 0.6) is 0 Å². The Bertz CT molecular complexity index is 759. The van der Waals surface area contributed by atoms with Crippen LogP contribution in [0.3, 0.4) is 0 Å². The number of allylic oxidation sites excluding steroid dienone is 5. The van der Waals surface area contributed by atoms with Crippen LogP contribution in [0.1, 0.15) is 23.1 Å². The van der Waals surface area contributed by atoms with E-state index in [9.17, 15) is 8.42 Å². The van der Waals surface area contributed by atoms with Crippen molar-refractivity contribution in [2.45, 2.75) is 12.0 Å². The van der Waals surface area contributed by atoms with Gasteiger partial charge >= 0.3 is 10.2 Å². The van der Waals surface area contributed by atoms with E-state index < -0.39 is 10.2 Å². The fourth-order valence-electron chi connectivity index (χ4n) is 3.11. The topological polar surface area (TPSA) is 62.8 Å². The van der Waals surface area contributed by atoms with Gasteiger partial charge in [-0.05, 0) is 11.1 Å². The average molecular weight is 273 g/mol. The van der Waals surface area contributed by atoms with Crippen molar-refractivity contribution in [2.75, 3.05) is 0 Å². The van der Waals surface area contributed by atoms with E-state index in [1.807, 2.05) is 36.4 Å². The van der Waals surface area contributed by atoms with Gasteiger partial charge in [-0.3, -0.25) is 0 Å². The monoisotopic (exact) mass is 273 g/mol. The number of hydrogen-bond donors (Lipinski definition) is 2. The summed E-state index contributed by atoms with van der Waals surface area (Å²) in [5, 5.41) is 0. The Morgan fingerprint density at radius 2 is 1.89 bits per heavy atom. The maximum Gasteiger partial charge on any atom is 0.391 e. The van der Waals surface area contributed by atoms with E-state index in [-0.39, 0.29) is 12.0 Å². The van der Waals surface area contributed by atoms with Gasteiger partial charge < -0.3 is 0 Å². The first-order valence-corrected chi connectivity index (χ1v) is 7.76. The molecule has 1 aromatic carbocycles. The average Bonchev–Trinajstić information content (AvgIpc) is 2.75. The lowest BCUT2D eigenvalue weighted by Crippen LogP contribution is -2.86. The standard InChI is InChI=1S/C14H12N2O2S/c17-19(18)15-13-11-7-3-1-5-9(11)10-6-2-4-8-12(10)14(13)16-19/h1-9,14-16H/p+1. The smallest absolute Gasteiger partial charge is 0.236 e. The Morgan fingerprint density at radius 1 is 1.11 bits per heavy atom. The molecule has 0 radical (unpaired) electrons. The predicted molar refractivity (Wildman–Crippen MR) is 71.2 cm³/mol. The molecular weight excluding hydrogens is 260 g/mol. The van der Waals surface area contributed by atoms with Crippen molar-refractivity contribution in [3.05, 3.63) is 71.0 Å². The second-order valence-corrected chi connectivity index (χ2v) is 6.55. The highest BCUT2D eigenvalue weighted by atomic mass is 32.2. The van der Waals surface area contributed by atoms with Crippen LogP contribution in [-0.4, -0.2) is 8.42 Å². The molecule has 0 spiro atoms. The van der Waals surface area contributed by atoms with Crippen LogP contribution < -0.4 is 9.44 Å². The molecule has 3 aliphatic rings. The summed E-state index contributed by atoms with van der Waals surface area (Å²) in [5.74, 6) is 0.154. The molecule has 0 bridgehead atoms. The lowest BCUT2D eigenvalue weighted by molar-refractivity contribution is -0.528. The first kappa shape index (κ1) is 11.0. The van der Waals surface area contributed by atoms with Crippen LogP contribution in [0.25, 0.3) is 0 Å². The summed E-state index contributed by atoms with van der Waals surface area (Å²) >= 11 is 0. The molecule has 1 heterocycles. The summed E-state index contributed by atoms with van der Waals surface area (Å²) in [5.41, 5.74) is 4.15. The van der Waals surface area contributed by atoms with Gasteiger partial charge in [0.1, 0.15) is 0 Å². The SMILES string of the molecule is O=S1(=O)NC2=C3C=CC=CC3c3ccccc3C2[NH2+]1. The number of hydrogen-bond acceptors (Lipinski definition) is 2. The highest BCUT2D eigenvalue weighted by Gasteiger charge is 2.44. The summed E-state index contributed by atoms with van der Waals surface area (Å²) in [4.78, 5) is 0. The maximum atomic E-state index is 11.8. The highest BCUT2D eigenvalue weighted by Crippen LogP contribution is 2.43. The molecule has 19 heavy (non-hydrogen) atoms. The lowest BCUT2D eigenvalue weighted by Gasteiger charge is -2.28. The van der Waals surface area contributed by atoms with E-state index in [0.29, 0.717) is 0 Å². The van der Waals surface area contributed by atoms with Gasteiger partial charge in [0.05, 0.1) is 5.70 Å². The van der Waals surface area contributed by atoms with Crippen molar-refractivity contribution in [3.8, 4) is 0 Å². The van der Waals surface area contributed by atoms with Gasteiger partial charge in [0.15, 0.2) is 6.04 Å². The molecule has 5 heteroatoms. The third-order valence-corrected chi connectivity index (χ3v) is 5.02. The Morgan fingerprint density at radius 3 is 2.74 bits per heavy atom. The molecule has 4 nitrogen and oxygen atoms in total. The molecule has 1 aromatic rings. The number of fused-ring (bicyclic) bond motifs is 5. The van der Waals surface area contributed by atoms with E-state index in [2.05, 4.69) is 16.9 Å². The zero-order valence-electron chi connectivity index (χ0n) is 10.1. The summed E-state index contributed by atoms with van der Waals surface area (Å²) < 4.78 is 27.8. The number of nitrogens with two attached hydrogens (primary N) is 1. The van der Waals surface area contributed by atoms with Crippen molar-refractivity contribution < 1.29 is 13.1 Å². The Kier molecular flexibility index (Phi) is 2.08. The van der Waals surface area contributed by atoms with Crippen molar-refractivity contribution in [1.82, 2.24) is 4.72 Å². The zero-order chi connectivity index (χ0) is 13.0. The zero-order valence-corrected chi connectivity index (χ0v) is 10.9. The molecule has 2 aliphatic carbocycles. The van der Waals surface area contributed by atoms with E-state index in [1.165, 1.54) is 10.3 Å². The van der Waals surface area contributed by atoms with Crippen LogP contribution >= 0.6 is 0 Å². The molecule has 3 N–H and O–H groups in total. The normalized spacial score (nSPS) is 29.5. The second kappa shape index (κ2) is 3.59. The van der Waals surface area contributed by atoms with Crippen LogP contribution in [0.15, 0.2) is 59.8 Å². The van der Waals surface area contributed by atoms with Gasteiger partial charge in [0, 0.05) is 11.5 Å². The minimum Gasteiger partial charge on any atom is -0.236 e. The third kappa shape index (κ3) is 1.52. The number of quaternary nitrogens is 1. The number of rotatable bonds is 0. The van der Waals surface area contributed by atoms with Gasteiger partial charge in [-0.1, -0.05) is 48.6 Å². The van der Waals surface area contributed by atoms with Crippen molar-refractivity contribution in [1.29, 1.82) is 0 Å². The second-order valence-electron chi connectivity index (χ2n) is 4.98. The Balaban J connectivity index is 2.01. The van der Waals surface area contributed by atoms with Gasteiger partial charge in [0.25, 0.3) is 0 Å². The van der Waals surface area contributed by atoms with E-state index >= 15 is 0 Å². The van der Waals surface area contributed by atoms with Gasteiger partial charge in [0.2, 0.25) is 0 Å². The summed E-state index contributed by atoms with van der Waals surface area (Å²) in [6.45, 7) is 0. The third-order valence-electron chi connectivity index (χ3n) is 3.88. The molecule has 0 saturated carbocycles. The van der Waals surface area contributed by atoms with Crippen LogP contribution in [-0.2, 0) is 10.2 Å². The minimum atomic E-state index is -3.31. The largest absolute Gasteiger partial charge is 0.391 e. The van der Waals surface area contributed by atoms with Gasteiger partial charge in [-0.2, -0.15) is 8.42 Å². The highest BCUT2D eigenvalue weighted by molar-refractivity contribution is 7.83. The van der Waals surface area contributed by atoms with Crippen molar-refractivity contribution in [2.24, 2.45) is 0 Å². The quantitative estimate of drug-likeness (QED) is 0.728. The molecular formula is C14H13N2O2S+. The van der Waals surface area contributed by atoms with Crippen molar-refractivity contribution in [3.63, 3.8) is 0 Å². The number of nitrogens with one attached hydrogen (secondary N) is 1. The fourth-order valence-corrected chi connectivity index (χ4v) is 4.37. The van der Waals surface area contributed by atoms with E-state index in [4.69, 9.17) is 0 Å². The molecule has 4 rings (SSSR count). The minimum absolute atomic E-state index is 0.154. The van der Waals surface area contributed by atoms with Crippen LogP contribution in [0, 0.1) is 0 Å². The number of benzene rings is 1. The van der Waals surface area contributed by atoms with Gasteiger partial charge in [-0.25, -0.2) is 9.44 Å². The van der Waals surface area contributed by atoms with E-state index in [0.717, 1.165) is 16.8 Å². The Hall–Kier alpha value is -1.85. The predicted octanol–water partition coefficient (Wildman–Crippen LogP) is 0.616. The first-order valence-electron chi connectivity index (χ1n) is 6.21. The fraction of sp³-hybridized carbons (Fsp3) is 0.143. The Labute approximate surface area is 111 Å². The van der Waals surface area contributed by atoms with Crippen LogP contribution in [0.2, 0.25) is 0 Å². The molecule has 1 saturated heterocycles. The van der Waals surface area contributed by atoms with Crippen LogP contribution in [0.4, 0.5) is 0 Å². The molecule has 0 aromatic heterocycles. The molecule has 1 aliphatic heterocycles. The molecule has 1 fully saturated rings. The van der Waals surface area contributed by atoms with Crippen molar-refractivity contribution >= 4 is 10.2 Å². The molecule has 96 valence electrons. The van der Waals surface area contributed by atoms with E-state index in [1.54, 1.807) is 0 Å². The molecule has 2 unspecified atom stereocenters. The summed E-state index contributed by atoms with van der Waals surface area (Å²) in [6.07, 6.45) is 8.09. The first-order chi connectivity index (χ1) is 9.16. The lowest BCUT2D eigenvalue weighted by atomic mass is 9.76. The molecule has 2 atom stereocenters.